The van der Waals surface area contributed by atoms with E-state index in [4.69, 9.17) is 24.4 Å². The van der Waals surface area contributed by atoms with Crippen molar-refractivity contribution in [3.63, 3.8) is 0 Å². The third-order valence-electron chi connectivity index (χ3n) is 2.34. The van der Waals surface area contributed by atoms with Crippen molar-refractivity contribution in [3.05, 3.63) is 11.2 Å². The Balaban J connectivity index is 2.55. The van der Waals surface area contributed by atoms with Crippen molar-refractivity contribution in [2.45, 2.75) is 0 Å². The molecule has 120 valence electrons. The van der Waals surface area contributed by atoms with Gasteiger partial charge in [0.15, 0.2) is 5.82 Å². The maximum atomic E-state index is 11.4. The molecular weight excluding hydrogens is 320 g/mol. The molecule has 0 saturated heterocycles. The van der Waals surface area contributed by atoms with Crippen LogP contribution in [-0.2, 0) is 9.59 Å². The number of carbonyl (C=O) groups is 2. The van der Waals surface area contributed by atoms with Gasteiger partial charge in [0.2, 0.25) is 17.8 Å². The van der Waals surface area contributed by atoms with E-state index >= 15 is 0 Å². The molecule has 0 aliphatic carbocycles. The van der Waals surface area contributed by atoms with Gasteiger partial charge >= 0.3 is 0 Å². The summed E-state index contributed by atoms with van der Waals surface area (Å²) in [5.74, 6) is 4.40. The van der Waals surface area contributed by atoms with Gasteiger partial charge in [-0.25, -0.2) is 4.98 Å². The molecule has 0 aliphatic rings. The van der Waals surface area contributed by atoms with Crippen molar-refractivity contribution in [2.75, 3.05) is 36.8 Å². The fraction of sp³-hybridized carbons (Fsp3) is 0.286. The van der Waals surface area contributed by atoms with Crippen LogP contribution in [0.5, 0.6) is 0 Å². The number of nitrogens with one attached hydrogen (secondary N) is 4. The highest BCUT2D eigenvalue weighted by molar-refractivity contribution is 6.32. The molecule has 0 unspecified atom stereocenters. The SMILES string of the molecule is C#CCNC(=O)CNc1ncc(Cl)c(NCC(=O)NCC#C)n1. The Morgan fingerprint density at radius 1 is 1.09 bits per heavy atom. The molecule has 2 amide bonds. The molecule has 0 aliphatic heterocycles. The van der Waals surface area contributed by atoms with Crippen LogP contribution in [0.2, 0.25) is 5.02 Å². The third-order valence-corrected chi connectivity index (χ3v) is 2.62. The molecular formula is C14H15ClN6O2. The molecule has 1 rings (SSSR count). The van der Waals surface area contributed by atoms with Crippen molar-refractivity contribution in [1.29, 1.82) is 0 Å². The van der Waals surface area contributed by atoms with Gasteiger partial charge < -0.3 is 21.3 Å². The summed E-state index contributed by atoms with van der Waals surface area (Å²) in [7, 11) is 0. The lowest BCUT2D eigenvalue weighted by Gasteiger charge is -2.09. The van der Waals surface area contributed by atoms with Crippen LogP contribution in [0.15, 0.2) is 6.20 Å². The molecule has 1 aromatic rings. The highest BCUT2D eigenvalue weighted by Crippen LogP contribution is 2.18. The van der Waals surface area contributed by atoms with Crippen LogP contribution in [0.3, 0.4) is 0 Å². The second-order valence-corrected chi connectivity index (χ2v) is 4.47. The largest absolute Gasteiger partial charge is 0.360 e. The number of aromatic nitrogens is 2. The summed E-state index contributed by atoms with van der Waals surface area (Å²) < 4.78 is 0. The summed E-state index contributed by atoms with van der Waals surface area (Å²) in [5, 5.41) is 10.7. The van der Waals surface area contributed by atoms with Gasteiger partial charge in [-0.3, -0.25) is 9.59 Å². The average molecular weight is 335 g/mol. The molecule has 1 aromatic heterocycles. The Bertz CT molecular complexity index is 650. The molecule has 23 heavy (non-hydrogen) atoms. The zero-order valence-electron chi connectivity index (χ0n) is 12.1. The first-order valence-corrected chi connectivity index (χ1v) is 6.85. The Labute approximate surface area is 138 Å². The first kappa shape index (κ1) is 18.1. The van der Waals surface area contributed by atoms with E-state index in [2.05, 4.69) is 43.1 Å². The van der Waals surface area contributed by atoms with E-state index in [1.807, 2.05) is 0 Å². The fourth-order valence-electron chi connectivity index (χ4n) is 1.32. The number of halogens is 1. The van der Waals surface area contributed by atoms with E-state index in [1.165, 1.54) is 6.20 Å². The second-order valence-electron chi connectivity index (χ2n) is 4.06. The Morgan fingerprint density at radius 3 is 2.22 bits per heavy atom. The highest BCUT2D eigenvalue weighted by Gasteiger charge is 2.08. The molecule has 0 saturated carbocycles. The van der Waals surface area contributed by atoms with E-state index < -0.39 is 0 Å². The second kappa shape index (κ2) is 9.87. The molecule has 8 nitrogen and oxygen atoms in total. The summed E-state index contributed by atoms with van der Waals surface area (Å²) in [5.41, 5.74) is 0. The van der Waals surface area contributed by atoms with Crippen LogP contribution < -0.4 is 21.3 Å². The van der Waals surface area contributed by atoms with E-state index in [0.717, 1.165) is 0 Å². The topological polar surface area (TPSA) is 108 Å². The Morgan fingerprint density at radius 2 is 1.65 bits per heavy atom. The molecule has 0 fully saturated rings. The third kappa shape index (κ3) is 7.02. The zero-order chi connectivity index (χ0) is 17.1. The number of hydrogen-bond acceptors (Lipinski definition) is 6. The van der Waals surface area contributed by atoms with Crippen LogP contribution in [0.1, 0.15) is 0 Å². The van der Waals surface area contributed by atoms with Gasteiger partial charge in [0.1, 0.15) is 5.02 Å². The molecule has 1 heterocycles. The molecule has 9 heteroatoms. The Kier molecular flexibility index (Phi) is 7.76. The predicted molar refractivity (Wildman–Crippen MR) is 87.7 cm³/mol. The summed E-state index contributed by atoms with van der Waals surface area (Å²) in [6, 6.07) is 0. The number of nitrogens with zero attached hydrogens (tertiary/aromatic N) is 2. The van der Waals surface area contributed by atoms with E-state index in [0.29, 0.717) is 0 Å². The van der Waals surface area contributed by atoms with Gasteiger partial charge in [0.05, 0.1) is 32.4 Å². The van der Waals surface area contributed by atoms with E-state index in [-0.39, 0.29) is 54.8 Å². The number of terminal acetylenes is 2. The predicted octanol–water partition coefficient (Wildman–Crippen LogP) is -0.547. The van der Waals surface area contributed by atoms with Gasteiger partial charge in [0.25, 0.3) is 0 Å². The van der Waals surface area contributed by atoms with E-state index in [9.17, 15) is 9.59 Å². The summed E-state index contributed by atoms with van der Waals surface area (Å²) in [4.78, 5) is 30.9. The molecule has 0 aromatic carbocycles. The van der Waals surface area contributed by atoms with Crippen molar-refractivity contribution < 1.29 is 9.59 Å². The normalized spacial score (nSPS) is 9.17. The first-order chi connectivity index (χ1) is 11.1. The number of hydrogen-bond donors (Lipinski definition) is 4. The minimum absolute atomic E-state index is 0.0502. The smallest absolute Gasteiger partial charge is 0.240 e. The zero-order valence-corrected chi connectivity index (χ0v) is 12.9. The van der Waals surface area contributed by atoms with Crippen molar-refractivity contribution >= 4 is 35.2 Å². The van der Waals surface area contributed by atoms with E-state index in [1.54, 1.807) is 0 Å². The lowest BCUT2D eigenvalue weighted by Crippen LogP contribution is -2.31. The standard InChI is InChI=1S/C14H15ClN6O2/c1-3-5-16-11(22)8-18-13-10(15)7-19-14(21-13)20-9-12(23)17-6-4-2/h1-2,7H,5-6,8-9H2,(H,16,22)(H,17,23)(H2,18,19,20,21). The maximum absolute atomic E-state index is 11.4. The van der Waals surface area contributed by atoms with Crippen molar-refractivity contribution in [2.24, 2.45) is 0 Å². The number of amides is 2. The number of rotatable bonds is 8. The fourth-order valence-corrected chi connectivity index (χ4v) is 1.48. The Hall–Kier alpha value is -2.97. The number of anilines is 2. The van der Waals surface area contributed by atoms with Crippen LogP contribution in [-0.4, -0.2) is 48.0 Å². The lowest BCUT2D eigenvalue weighted by molar-refractivity contribution is -0.119. The van der Waals surface area contributed by atoms with Gasteiger partial charge in [-0.15, -0.1) is 12.8 Å². The lowest BCUT2D eigenvalue weighted by atomic mass is 10.5. The minimum Gasteiger partial charge on any atom is -0.360 e. The monoisotopic (exact) mass is 334 g/mol. The summed E-state index contributed by atoms with van der Waals surface area (Å²) >= 11 is 5.93. The number of carbonyl (C=O) groups excluding carboxylic acids is 2. The molecule has 0 radical (unpaired) electrons. The van der Waals surface area contributed by atoms with Crippen LogP contribution in [0.25, 0.3) is 0 Å². The van der Waals surface area contributed by atoms with Gasteiger partial charge in [-0.05, 0) is 0 Å². The van der Waals surface area contributed by atoms with Crippen LogP contribution >= 0.6 is 11.6 Å². The molecule has 4 N–H and O–H groups in total. The van der Waals surface area contributed by atoms with Gasteiger partial charge in [-0.1, -0.05) is 23.4 Å². The summed E-state index contributed by atoms with van der Waals surface area (Å²) in [6.07, 6.45) is 11.4. The summed E-state index contributed by atoms with van der Waals surface area (Å²) in [6.45, 7) is 0.172. The molecule has 0 bridgehead atoms. The minimum atomic E-state index is -0.305. The molecule has 0 atom stereocenters. The van der Waals surface area contributed by atoms with Gasteiger partial charge in [-0.2, -0.15) is 4.98 Å². The average Bonchev–Trinajstić information content (AvgIpc) is 2.56. The van der Waals surface area contributed by atoms with Crippen molar-refractivity contribution in [3.8, 4) is 24.7 Å². The van der Waals surface area contributed by atoms with Crippen LogP contribution in [0, 0.1) is 24.7 Å². The highest BCUT2D eigenvalue weighted by atomic mass is 35.5. The van der Waals surface area contributed by atoms with Gasteiger partial charge in [0, 0.05) is 0 Å². The van der Waals surface area contributed by atoms with Crippen LogP contribution in [0.4, 0.5) is 11.8 Å². The quantitative estimate of drug-likeness (QED) is 0.475. The van der Waals surface area contributed by atoms with Crippen molar-refractivity contribution in [1.82, 2.24) is 20.6 Å². The molecule has 0 spiro atoms. The first-order valence-electron chi connectivity index (χ1n) is 6.47. The maximum Gasteiger partial charge on any atom is 0.240 e.